The number of ether oxygens (including phenoxy) is 2. The smallest absolute Gasteiger partial charge is 0.262 e. The third-order valence-corrected chi connectivity index (χ3v) is 5.28. The second-order valence-corrected chi connectivity index (χ2v) is 7.71. The highest BCUT2D eigenvalue weighted by atomic mass is 19.1. The number of anilines is 2. The van der Waals surface area contributed by atoms with Crippen molar-refractivity contribution in [3.63, 3.8) is 0 Å². The van der Waals surface area contributed by atoms with Crippen molar-refractivity contribution in [3.05, 3.63) is 83.8 Å². The van der Waals surface area contributed by atoms with Crippen molar-refractivity contribution in [2.24, 2.45) is 0 Å². The number of aromatic nitrogens is 1. The molecular formula is C26H24FN3O4. The standard InChI is InChI=1S/C26H24FN3O4/c1-16-20(21-12-17(27)10-11-22(21)28-16)14-25(31)29-18-6-5-7-19(13-18)30-26(32)15-34-24-9-4-3-8-23(24)33-2/h3-13,28H,14-15H2,1-2H3,(H,29,31)(H,30,32). The molecule has 3 N–H and O–H groups in total. The third kappa shape index (κ3) is 5.35. The first-order valence-electron chi connectivity index (χ1n) is 10.6. The van der Waals surface area contributed by atoms with Crippen molar-refractivity contribution in [2.45, 2.75) is 13.3 Å². The number of carbonyl (C=O) groups is 2. The number of carbonyl (C=O) groups excluding carboxylic acids is 2. The number of para-hydroxylation sites is 2. The van der Waals surface area contributed by atoms with Gasteiger partial charge in [-0.3, -0.25) is 9.59 Å². The minimum Gasteiger partial charge on any atom is -0.493 e. The van der Waals surface area contributed by atoms with Gasteiger partial charge in [0, 0.05) is 28.0 Å². The van der Waals surface area contributed by atoms with Gasteiger partial charge in [0.15, 0.2) is 18.1 Å². The Kier molecular flexibility index (Phi) is 6.77. The van der Waals surface area contributed by atoms with Gasteiger partial charge in [0.2, 0.25) is 5.91 Å². The summed E-state index contributed by atoms with van der Waals surface area (Å²) in [6.45, 7) is 1.65. The van der Waals surface area contributed by atoms with E-state index < -0.39 is 0 Å². The average molecular weight is 461 g/mol. The Hall–Kier alpha value is -4.33. The molecule has 0 radical (unpaired) electrons. The minimum atomic E-state index is -0.356. The van der Waals surface area contributed by atoms with Gasteiger partial charge < -0.3 is 25.1 Å². The molecule has 34 heavy (non-hydrogen) atoms. The number of halogens is 1. The van der Waals surface area contributed by atoms with Gasteiger partial charge in [-0.2, -0.15) is 0 Å². The molecular weight excluding hydrogens is 437 g/mol. The number of methoxy groups -OCH3 is 1. The summed E-state index contributed by atoms with van der Waals surface area (Å²) in [7, 11) is 1.53. The molecule has 0 fully saturated rings. The number of rotatable bonds is 8. The zero-order valence-electron chi connectivity index (χ0n) is 18.8. The van der Waals surface area contributed by atoms with Crippen LogP contribution in [0.15, 0.2) is 66.7 Å². The van der Waals surface area contributed by atoms with Crippen LogP contribution in [0.25, 0.3) is 10.9 Å². The van der Waals surface area contributed by atoms with Gasteiger partial charge in [-0.1, -0.05) is 18.2 Å². The maximum atomic E-state index is 13.7. The number of hydrogen-bond donors (Lipinski definition) is 3. The van der Waals surface area contributed by atoms with Gasteiger partial charge in [0.25, 0.3) is 5.91 Å². The maximum Gasteiger partial charge on any atom is 0.262 e. The summed E-state index contributed by atoms with van der Waals surface area (Å²) in [6, 6.07) is 18.3. The van der Waals surface area contributed by atoms with Crippen LogP contribution in [-0.4, -0.2) is 30.5 Å². The molecule has 7 nitrogen and oxygen atoms in total. The number of amides is 2. The molecule has 4 rings (SSSR count). The van der Waals surface area contributed by atoms with Crippen LogP contribution in [-0.2, 0) is 16.0 Å². The quantitative estimate of drug-likeness (QED) is 0.351. The molecule has 0 atom stereocenters. The zero-order chi connectivity index (χ0) is 24.1. The van der Waals surface area contributed by atoms with E-state index in [1.165, 1.54) is 19.2 Å². The van der Waals surface area contributed by atoms with E-state index in [1.807, 2.05) is 13.0 Å². The summed E-state index contributed by atoms with van der Waals surface area (Å²) in [5.41, 5.74) is 3.37. The molecule has 1 heterocycles. The van der Waals surface area contributed by atoms with Gasteiger partial charge in [-0.05, 0) is 61.0 Å². The lowest BCUT2D eigenvalue weighted by Gasteiger charge is -2.11. The Bertz CT molecular complexity index is 1350. The van der Waals surface area contributed by atoms with Crippen molar-refractivity contribution < 1.29 is 23.5 Å². The predicted octanol–water partition coefficient (Wildman–Crippen LogP) is 4.82. The number of aryl methyl sites for hydroxylation is 1. The summed E-state index contributed by atoms with van der Waals surface area (Å²) in [5.74, 6) is 0.0372. The Morgan fingerprint density at radius 3 is 2.35 bits per heavy atom. The van der Waals surface area contributed by atoms with Crippen LogP contribution < -0.4 is 20.1 Å². The van der Waals surface area contributed by atoms with Crippen molar-refractivity contribution in [3.8, 4) is 11.5 Å². The van der Waals surface area contributed by atoms with E-state index in [0.29, 0.717) is 28.3 Å². The van der Waals surface area contributed by atoms with Gasteiger partial charge >= 0.3 is 0 Å². The molecule has 0 aliphatic rings. The van der Waals surface area contributed by atoms with Crippen molar-refractivity contribution in [1.82, 2.24) is 4.98 Å². The molecule has 8 heteroatoms. The Balaban J connectivity index is 1.37. The van der Waals surface area contributed by atoms with Crippen LogP contribution in [0.4, 0.5) is 15.8 Å². The van der Waals surface area contributed by atoms with Crippen LogP contribution in [0, 0.1) is 12.7 Å². The summed E-state index contributed by atoms with van der Waals surface area (Å²) in [5, 5.41) is 6.26. The van der Waals surface area contributed by atoms with E-state index in [9.17, 15) is 14.0 Å². The Labute approximate surface area is 195 Å². The molecule has 4 aromatic rings. The summed E-state index contributed by atoms with van der Waals surface area (Å²) < 4.78 is 24.4. The van der Waals surface area contributed by atoms with Gasteiger partial charge in [-0.25, -0.2) is 4.39 Å². The Morgan fingerprint density at radius 2 is 1.62 bits per heavy atom. The monoisotopic (exact) mass is 461 g/mol. The van der Waals surface area contributed by atoms with E-state index >= 15 is 0 Å². The number of fused-ring (bicyclic) bond motifs is 1. The van der Waals surface area contributed by atoms with Crippen LogP contribution in [0.5, 0.6) is 11.5 Å². The first-order chi connectivity index (χ1) is 16.4. The highest BCUT2D eigenvalue weighted by molar-refractivity contribution is 5.97. The minimum absolute atomic E-state index is 0.0820. The van der Waals surface area contributed by atoms with Crippen LogP contribution in [0.2, 0.25) is 0 Å². The van der Waals surface area contributed by atoms with E-state index in [4.69, 9.17) is 9.47 Å². The van der Waals surface area contributed by atoms with Crippen molar-refractivity contribution in [1.29, 1.82) is 0 Å². The van der Waals surface area contributed by atoms with Crippen LogP contribution >= 0.6 is 0 Å². The second-order valence-electron chi connectivity index (χ2n) is 7.71. The van der Waals surface area contributed by atoms with Crippen LogP contribution in [0.1, 0.15) is 11.3 Å². The number of H-pyrrole nitrogens is 1. The maximum absolute atomic E-state index is 13.7. The molecule has 0 saturated heterocycles. The molecule has 2 amide bonds. The first kappa shape index (κ1) is 22.8. The molecule has 0 unspecified atom stereocenters. The van der Waals surface area contributed by atoms with Crippen molar-refractivity contribution >= 4 is 34.1 Å². The predicted molar refractivity (Wildman–Crippen MR) is 129 cm³/mol. The Morgan fingerprint density at radius 1 is 0.912 bits per heavy atom. The average Bonchev–Trinajstić information content (AvgIpc) is 3.12. The number of hydrogen-bond acceptors (Lipinski definition) is 4. The first-order valence-corrected chi connectivity index (χ1v) is 10.6. The summed E-state index contributed by atoms with van der Waals surface area (Å²) in [6.07, 6.45) is 0.0820. The van der Waals surface area contributed by atoms with Crippen LogP contribution in [0.3, 0.4) is 0 Å². The lowest BCUT2D eigenvalue weighted by Crippen LogP contribution is -2.20. The molecule has 3 aromatic carbocycles. The molecule has 0 bridgehead atoms. The number of aromatic amines is 1. The fourth-order valence-electron chi connectivity index (χ4n) is 3.70. The molecule has 0 spiro atoms. The van der Waals surface area contributed by atoms with Gasteiger partial charge in [0.05, 0.1) is 13.5 Å². The molecule has 0 aliphatic heterocycles. The summed E-state index contributed by atoms with van der Waals surface area (Å²) >= 11 is 0. The largest absolute Gasteiger partial charge is 0.493 e. The van der Waals surface area contributed by atoms with Crippen molar-refractivity contribution in [2.75, 3.05) is 24.4 Å². The number of benzene rings is 3. The third-order valence-electron chi connectivity index (χ3n) is 5.28. The van der Waals surface area contributed by atoms with Gasteiger partial charge in [-0.15, -0.1) is 0 Å². The topological polar surface area (TPSA) is 92.4 Å². The highest BCUT2D eigenvalue weighted by Crippen LogP contribution is 2.26. The second kappa shape index (κ2) is 10.1. The normalized spacial score (nSPS) is 10.7. The zero-order valence-corrected chi connectivity index (χ0v) is 18.8. The van der Waals surface area contributed by atoms with E-state index in [1.54, 1.807) is 48.5 Å². The fraction of sp³-hybridized carbons (Fsp3) is 0.154. The molecule has 0 aliphatic carbocycles. The van der Waals surface area contributed by atoms with E-state index in [0.717, 1.165) is 16.8 Å². The lowest BCUT2D eigenvalue weighted by molar-refractivity contribution is -0.118. The molecule has 174 valence electrons. The molecule has 1 aromatic heterocycles. The fourth-order valence-corrected chi connectivity index (χ4v) is 3.70. The lowest BCUT2D eigenvalue weighted by atomic mass is 10.1. The van der Waals surface area contributed by atoms with E-state index in [2.05, 4.69) is 15.6 Å². The van der Waals surface area contributed by atoms with E-state index in [-0.39, 0.29) is 30.7 Å². The number of nitrogens with one attached hydrogen (secondary N) is 3. The van der Waals surface area contributed by atoms with Gasteiger partial charge in [0.1, 0.15) is 5.82 Å². The molecule has 0 saturated carbocycles. The SMILES string of the molecule is COc1ccccc1OCC(=O)Nc1cccc(NC(=O)Cc2c(C)[nH]c3ccc(F)cc23)c1. The highest BCUT2D eigenvalue weighted by Gasteiger charge is 2.14. The summed E-state index contributed by atoms with van der Waals surface area (Å²) in [4.78, 5) is 28.2.